The molecule has 150 valence electrons. The third-order valence-electron chi connectivity index (χ3n) is 2.72. The van der Waals surface area contributed by atoms with Crippen LogP contribution in [-0.2, 0) is 27.9 Å². The van der Waals surface area contributed by atoms with Crippen LogP contribution >= 0.6 is 0 Å². The highest BCUT2D eigenvalue weighted by Crippen LogP contribution is 2.19. The summed E-state index contributed by atoms with van der Waals surface area (Å²) in [7, 11) is -3.70. The third kappa shape index (κ3) is 15.1. The minimum Gasteiger partial charge on any atom is -0.462 e. The van der Waals surface area contributed by atoms with Crippen molar-refractivity contribution in [3.8, 4) is 0 Å². The lowest BCUT2D eigenvalue weighted by Crippen LogP contribution is -2.43. The largest absolute Gasteiger partial charge is 0.462 e. The molecule has 0 aromatic heterocycles. The first-order chi connectivity index (χ1) is 11.8. The van der Waals surface area contributed by atoms with Gasteiger partial charge >= 0.3 is 11.9 Å². The van der Waals surface area contributed by atoms with Crippen molar-refractivity contribution in [1.29, 1.82) is 0 Å². The highest BCUT2D eigenvalue weighted by atomic mass is 28.4. The van der Waals surface area contributed by atoms with E-state index in [0.29, 0.717) is 0 Å². The zero-order valence-corrected chi connectivity index (χ0v) is 19.3. The van der Waals surface area contributed by atoms with Crippen molar-refractivity contribution in [2.24, 2.45) is 0 Å². The number of esters is 2. The molecule has 0 aromatic carbocycles. The predicted molar refractivity (Wildman–Crippen MR) is 108 cm³/mol. The van der Waals surface area contributed by atoms with E-state index in [4.69, 9.17) is 18.3 Å². The molecule has 0 bridgehead atoms. The van der Waals surface area contributed by atoms with Gasteiger partial charge in [-0.15, -0.1) is 0 Å². The number of carbonyl (C=O) groups excluding carboxylic acids is 2. The fourth-order valence-corrected chi connectivity index (χ4v) is 4.02. The van der Waals surface area contributed by atoms with E-state index in [-0.39, 0.29) is 37.4 Å². The van der Waals surface area contributed by atoms with Gasteiger partial charge in [0.15, 0.2) is 16.6 Å². The minimum absolute atomic E-state index is 0.192. The Bertz CT molecular complexity index is 457. The second kappa shape index (κ2) is 11.5. The van der Waals surface area contributed by atoms with Crippen LogP contribution in [0.25, 0.3) is 0 Å². The summed E-state index contributed by atoms with van der Waals surface area (Å²) in [6.45, 7) is 15.8. The first-order valence-electron chi connectivity index (χ1n) is 8.76. The molecule has 0 aliphatic carbocycles. The van der Waals surface area contributed by atoms with Gasteiger partial charge in [0.1, 0.15) is 13.2 Å². The molecule has 0 heterocycles. The second-order valence-corrected chi connectivity index (χ2v) is 16.8. The Morgan fingerprint density at radius 2 is 1.04 bits per heavy atom. The maximum absolute atomic E-state index is 10.9. The van der Waals surface area contributed by atoms with Crippen LogP contribution in [-0.4, -0.2) is 54.0 Å². The average Bonchev–Trinajstić information content (AvgIpc) is 2.42. The van der Waals surface area contributed by atoms with E-state index in [1.165, 1.54) is 13.8 Å². The Morgan fingerprint density at radius 3 is 1.27 bits per heavy atom. The van der Waals surface area contributed by atoms with Gasteiger partial charge in [0.2, 0.25) is 0 Å². The first-order valence-corrected chi connectivity index (χ1v) is 15.6. The van der Waals surface area contributed by atoms with Gasteiger partial charge in [-0.25, -0.2) is 0 Å². The fraction of sp³-hybridized carbons (Fsp3) is 0.667. The van der Waals surface area contributed by atoms with Gasteiger partial charge in [-0.2, -0.15) is 0 Å². The number of hydrogen-bond acceptors (Lipinski definition) is 6. The lowest BCUT2D eigenvalue weighted by Gasteiger charge is -2.33. The summed E-state index contributed by atoms with van der Waals surface area (Å²) < 4.78 is 22.5. The molecule has 0 saturated heterocycles. The van der Waals surface area contributed by atoms with Crippen molar-refractivity contribution in [1.82, 2.24) is 0 Å². The molecule has 0 amide bonds. The summed E-state index contributed by atoms with van der Waals surface area (Å²) in [5.74, 6) is -0.651. The van der Waals surface area contributed by atoms with Crippen LogP contribution in [0.5, 0.6) is 0 Å². The van der Waals surface area contributed by atoms with Crippen LogP contribution < -0.4 is 0 Å². The van der Waals surface area contributed by atoms with Crippen molar-refractivity contribution in [2.45, 2.75) is 65.3 Å². The Hall–Kier alpha value is -1.23. The van der Waals surface area contributed by atoms with Crippen molar-refractivity contribution in [3.05, 3.63) is 24.3 Å². The summed E-state index contributed by atoms with van der Waals surface area (Å²) in [6.07, 6.45) is 6.68. The number of carbonyl (C=O) groups is 2. The van der Waals surface area contributed by atoms with E-state index >= 15 is 0 Å². The molecule has 0 rings (SSSR count). The molecular weight excluding hydrogens is 368 g/mol. The van der Waals surface area contributed by atoms with Crippen LogP contribution in [0.3, 0.4) is 0 Å². The van der Waals surface area contributed by atoms with Gasteiger partial charge in [0.05, 0.1) is 12.2 Å². The molecule has 0 spiro atoms. The monoisotopic (exact) mass is 402 g/mol. The Balaban J connectivity index is 5.31. The Morgan fingerprint density at radius 1 is 0.731 bits per heavy atom. The zero-order valence-electron chi connectivity index (χ0n) is 17.3. The van der Waals surface area contributed by atoms with Crippen LogP contribution in [0.2, 0.25) is 39.3 Å². The molecule has 0 aliphatic heterocycles. The molecule has 0 saturated carbocycles. The van der Waals surface area contributed by atoms with E-state index in [1.54, 1.807) is 12.2 Å². The van der Waals surface area contributed by atoms with Crippen molar-refractivity contribution >= 4 is 28.6 Å². The van der Waals surface area contributed by atoms with Crippen LogP contribution in [0.15, 0.2) is 24.3 Å². The molecular formula is C18H34O6Si2. The maximum atomic E-state index is 10.9. The summed E-state index contributed by atoms with van der Waals surface area (Å²) in [6, 6.07) is 0. The summed E-state index contributed by atoms with van der Waals surface area (Å²) in [5.41, 5.74) is 0. The highest BCUT2D eigenvalue weighted by molar-refractivity contribution is 6.70. The van der Waals surface area contributed by atoms with Gasteiger partial charge in [0, 0.05) is 13.8 Å². The zero-order chi connectivity index (χ0) is 20.4. The molecule has 6 nitrogen and oxygen atoms in total. The third-order valence-corrected chi connectivity index (χ3v) is 4.68. The van der Waals surface area contributed by atoms with Gasteiger partial charge in [0.25, 0.3) is 0 Å². The quantitative estimate of drug-likeness (QED) is 0.298. The Kier molecular flexibility index (Phi) is 10.9. The second-order valence-electron chi connectivity index (χ2n) is 7.85. The van der Waals surface area contributed by atoms with Gasteiger partial charge in [-0.3, -0.25) is 9.59 Å². The smallest absolute Gasteiger partial charge is 0.302 e. The highest BCUT2D eigenvalue weighted by Gasteiger charge is 2.29. The van der Waals surface area contributed by atoms with Gasteiger partial charge < -0.3 is 18.3 Å². The molecule has 0 fully saturated rings. The average molecular weight is 403 g/mol. The molecule has 0 unspecified atom stereocenters. The lowest BCUT2D eigenvalue weighted by molar-refractivity contribution is -0.140. The van der Waals surface area contributed by atoms with E-state index in [1.807, 2.05) is 12.2 Å². The van der Waals surface area contributed by atoms with E-state index in [0.717, 1.165) is 0 Å². The normalized spacial score (nSPS) is 15.2. The number of hydrogen-bond donors (Lipinski definition) is 0. The van der Waals surface area contributed by atoms with Crippen molar-refractivity contribution in [3.63, 3.8) is 0 Å². The van der Waals surface area contributed by atoms with Crippen molar-refractivity contribution in [2.75, 3.05) is 13.2 Å². The van der Waals surface area contributed by atoms with E-state index < -0.39 is 16.6 Å². The molecule has 0 aliphatic rings. The SMILES string of the molecule is CC(=O)OC/C=C\[C@H](O[Si](C)(C)C)[C@H](/C=C\COC(C)=O)O[Si](C)(C)C. The molecule has 0 N–H and O–H groups in total. The van der Waals surface area contributed by atoms with Crippen LogP contribution in [0.4, 0.5) is 0 Å². The van der Waals surface area contributed by atoms with E-state index in [9.17, 15) is 9.59 Å². The van der Waals surface area contributed by atoms with Crippen LogP contribution in [0, 0.1) is 0 Å². The molecule has 26 heavy (non-hydrogen) atoms. The van der Waals surface area contributed by atoms with E-state index in [2.05, 4.69) is 39.3 Å². The summed E-state index contributed by atoms with van der Waals surface area (Å²) >= 11 is 0. The minimum atomic E-state index is -1.85. The summed E-state index contributed by atoms with van der Waals surface area (Å²) in [4.78, 5) is 21.8. The molecule has 0 aromatic rings. The fourth-order valence-electron chi connectivity index (χ4n) is 1.96. The lowest BCUT2D eigenvalue weighted by atomic mass is 10.2. The predicted octanol–water partition coefficient (Wildman–Crippen LogP) is 3.67. The van der Waals surface area contributed by atoms with Gasteiger partial charge in [-0.1, -0.05) is 12.2 Å². The van der Waals surface area contributed by atoms with Crippen LogP contribution in [0.1, 0.15) is 13.8 Å². The maximum Gasteiger partial charge on any atom is 0.302 e. The standard InChI is InChI=1S/C18H34O6Si2/c1-15(19)21-13-9-11-17(23-25(3,4)5)18(24-26(6,7)8)12-10-14-22-16(2)20/h9-12,17-18H,13-14H2,1-8H3/b11-9-,12-10-/t17-,18-/m0/s1. The Labute approximate surface area is 159 Å². The molecule has 8 heteroatoms. The molecule has 2 atom stereocenters. The van der Waals surface area contributed by atoms with Crippen molar-refractivity contribution < 1.29 is 27.9 Å². The summed E-state index contributed by atoms with van der Waals surface area (Å²) in [5, 5.41) is 0. The molecule has 0 radical (unpaired) electrons. The number of rotatable bonds is 11. The topological polar surface area (TPSA) is 71.1 Å². The first kappa shape index (κ1) is 24.8. The number of ether oxygens (including phenoxy) is 2. The van der Waals surface area contributed by atoms with Gasteiger partial charge in [-0.05, 0) is 51.4 Å².